The van der Waals surface area contributed by atoms with E-state index in [1.807, 2.05) is 0 Å². The fourth-order valence-electron chi connectivity index (χ4n) is 3.17. The van der Waals surface area contributed by atoms with Crippen LogP contribution in [-0.4, -0.2) is 35.2 Å². The molecule has 1 saturated heterocycles. The van der Waals surface area contributed by atoms with Crippen LogP contribution in [0.4, 0.5) is 0 Å². The van der Waals surface area contributed by atoms with Crippen molar-refractivity contribution in [2.75, 3.05) is 13.1 Å². The molecule has 15 heavy (non-hydrogen) atoms. The molecule has 0 aromatic rings. The Labute approximate surface area is 93.7 Å². The van der Waals surface area contributed by atoms with Crippen molar-refractivity contribution < 1.29 is 5.11 Å². The largest absolute Gasteiger partial charge is 0.391 e. The fraction of sp³-hybridized carbons (Fsp3) is 1.00. The highest BCUT2D eigenvalue weighted by Crippen LogP contribution is 2.32. The maximum absolute atomic E-state index is 10.1. The van der Waals surface area contributed by atoms with Gasteiger partial charge in [-0.05, 0) is 37.0 Å². The van der Waals surface area contributed by atoms with Gasteiger partial charge in [0, 0.05) is 19.1 Å². The number of hydrogen-bond acceptors (Lipinski definition) is 2. The van der Waals surface area contributed by atoms with Crippen LogP contribution in [0.15, 0.2) is 0 Å². The van der Waals surface area contributed by atoms with Gasteiger partial charge in [0.1, 0.15) is 0 Å². The van der Waals surface area contributed by atoms with Gasteiger partial charge in [0.25, 0.3) is 0 Å². The number of hydrogen-bond donors (Lipinski definition) is 1. The highest BCUT2D eigenvalue weighted by atomic mass is 16.3. The van der Waals surface area contributed by atoms with Crippen LogP contribution >= 0.6 is 0 Å². The second-order valence-electron chi connectivity index (χ2n) is 5.96. The van der Waals surface area contributed by atoms with Gasteiger partial charge < -0.3 is 5.11 Å². The molecule has 0 spiro atoms. The smallest absolute Gasteiger partial charge is 0.0695 e. The first-order valence-corrected chi connectivity index (χ1v) is 6.50. The van der Waals surface area contributed by atoms with Crippen LogP contribution < -0.4 is 0 Å². The summed E-state index contributed by atoms with van der Waals surface area (Å²) in [6.07, 6.45) is 3.33. The summed E-state index contributed by atoms with van der Waals surface area (Å²) in [5.74, 6) is 2.40. The lowest BCUT2D eigenvalue weighted by Gasteiger charge is -2.38. The molecule has 2 heteroatoms. The molecule has 2 rings (SSSR count). The molecule has 5 unspecified atom stereocenters. The highest BCUT2D eigenvalue weighted by Gasteiger charge is 2.36. The van der Waals surface area contributed by atoms with Gasteiger partial charge in [-0.15, -0.1) is 0 Å². The van der Waals surface area contributed by atoms with Crippen LogP contribution in [0.25, 0.3) is 0 Å². The van der Waals surface area contributed by atoms with Crippen LogP contribution in [0, 0.1) is 17.8 Å². The Morgan fingerprint density at radius 2 is 1.60 bits per heavy atom. The van der Waals surface area contributed by atoms with Crippen molar-refractivity contribution in [3.05, 3.63) is 0 Å². The number of likely N-dealkylation sites (tertiary alicyclic amines) is 1. The average molecular weight is 211 g/mol. The Hall–Kier alpha value is -0.0800. The van der Waals surface area contributed by atoms with Crippen molar-refractivity contribution in [1.82, 2.24) is 4.90 Å². The monoisotopic (exact) mass is 211 g/mol. The van der Waals surface area contributed by atoms with Crippen LogP contribution in [-0.2, 0) is 0 Å². The summed E-state index contributed by atoms with van der Waals surface area (Å²) in [4.78, 5) is 2.54. The zero-order chi connectivity index (χ0) is 11.0. The molecule has 1 aliphatic heterocycles. The third-order valence-electron chi connectivity index (χ3n) is 4.53. The van der Waals surface area contributed by atoms with E-state index in [4.69, 9.17) is 0 Å². The predicted octanol–water partition coefficient (Wildman–Crippen LogP) is 2.12. The highest BCUT2D eigenvalue weighted by molar-refractivity contribution is 4.90. The summed E-state index contributed by atoms with van der Waals surface area (Å²) in [5.41, 5.74) is 0. The van der Waals surface area contributed by atoms with Gasteiger partial charge in [-0.25, -0.2) is 0 Å². The van der Waals surface area contributed by atoms with Crippen molar-refractivity contribution in [3.63, 3.8) is 0 Å². The summed E-state index contributed by atoms with van der Waals surface area (Å²) in [5, 5.41) is 10.1. The van der Waals surface area contributed by atoms with Crippen molar-refractivity contribution in [2.24, 2.45) is 17.8 Å². The second kappa shape index (κ2) is 4.42. The summed E-state index contributed by atoms with van der Waals surface area (Å²) in [7, 11) is 0. The van der Waals surface area contributed by atoms with E-state index in [-0.39, 0.29) is 6.10 Å². The molecule has 0 radical (unpaired) electrons. The van der Waals surface area contributed by atoms with E-state index in [1.54, 1.807) is 0 Å². The first kappa shape index (κ1) is 11.4. The molecule has 1 N–H and O–H groups in total. The fourth-order valence-corrected chi connectivity index (χ4v) is 3.17. The van der Waals surface area contributed by atoms with Gasteiger partial charge in [-0.3, -0.25) is 4.90 Å². The van der Waals surface area contributed by atoms with Gasteiger partial charge in [-0.1, -0.05) is 20.8 Å². The Kier molecular flexibility index (Phi) is 3.36. The molecule has 0 aromatic carbocycles. The normalized spacial score (nSPS) is 48.4. The Morgan fingerprint density at radius 3 is 2.20 bits per heavy atom. The maximum Gasteiger partial charge on any atom is 0.0695 e. The third kappa shape index (κ3) is 2.36. The summed E-state index contributed by atoms with van der Waals surface area (Å²) in [6, 6.07) is 0.446. The first-order chi connectivity index (χ1) is 7.08. The molecule has 1 heterocycles. The van der Waals surface area contributed by atoms with Gasteiger partial charge in [-0.2, -0.15) is 0 Å². The zero-order valence-electron chi connectivity index (χ0n) is 10.3. The zero-order valence-corrected chi connectivity index (χ0v) is 10.3. The molecule has 2 fully saturated rings. The minimum atomic E-state index is -0.0706. The van der Waals surface area contributed by atoms with Crippen LogP contribution in [0.5, 0.6) is 0 Å². The van der Waals surface area contributed by atoms with Crippen molar-refractivity contribution >= 4 is 0 Å². The van der Waals surface area contributed by atoms with Gasteiger partial charge in [0.05, 0.1) is 6.10 Å². The van der Waals surface area contributed by atoms with E-state index in [0.29, 0.717) is 6.04 Å². The Bertz CT molecular complexity index is 209. The van der Waals surface area contributed by atoms with E-state index in [1.165, 1.54) is 25.9 Å². The van der Waals surface area contributed by atoms with Gasteiger partial charge in [0.15, 0.2) is 0 Å². The molecule has 1 aliphatic carbocycles. The quantitative estimate of drug-likeness (QED) is 0.718. The van der Waals surface area contributed by atoms with Crippen LogP contribution in [0.3, 0.4) is 0 Å². The van der Waals surface area contributed by atoms with Crippen molar-refractivity contribution in [3.8, 4) is 0 Å². The minimum absolute atomic E-state index is 0.0706. The third-order valence-corrected chi connectivity index (χ3v) is 4.53. The minimum Gasteiger partial charge on any atom is -0.391 e. The van der Waals surface area contributed by atoms with Crippen LogP contribution in [0.1, 0.15) is 40.0 Å². The van der Waals surface area contributed by atoms with E-state index < -0.39 is 0 Å². The molecule has 0 amide bonds. The molecule has 1 saturated carbocycles. The van der Waals surface area contributed by atoms with Crippen molar-refractivity contribution in [2.45, 2.75) is 52.2 Å². The molecular formula is C13H25NO. The molecular weight excluding hydrogens is 186 g/mol. The number of rotatable bonds is 1. The standard InChI is InChI=1S/C13H25NO/c1-9-4-5-13(15)12(6-9)14-7-10(2)11(3)8-14/h9-13,15H,4-8H2,1-3H3. The SMILES string of the molecule is CC1CCC(O)C(N2CC(C)C(C)C2)C1. The lowest BCUT2D eigenvalue weighted by atomic mass is 9.84. The predicted molar refractivity (Wildman–Crippen MR) is 62.7 cm³/mol. The lowest BCUT2D eigenvalue weighted by molar-refractivity contribution is 0.0139. The van der Waals surface area contributed by atoms with E-state index in [2.05, 4.69) is 25.7 Å². The summed E-state index contributed by atoms with van der Waals surface area (Å²) < 4.78 is 0. The maximum atomic E-state index is 10.1. The molecule has 0 bridgehead atoms. The topological polar surface area (TPSA) is 23.5 Å². The molecule has 0 aromatic heterocycles. The molecule has 88 valence electrons. The van der Waals surface area contributed by atoms with Crippen LogP contribution in [0.2, 0.25) is 0 Å². The van der Waals surface area contributed by atoms with Gasteiger partial charge >= 0.3 is 0 Å². The second-order valence-corrected chi connectivity index (χ2v) is 5.96. The Balaban J connectivity index is 1.97. The first-order valence-electron chi connectivity index (χ1n) is 6.50. The average Bonchev–Trinajstić information content (AvgIpc) is 2.51. The Morgan fingerprint density at radius 1 is 1.00 bits per heavy atom. The lowest BCUT2D eigenvalue weighted by Crippen LogP contribution is -2.46. The molecule has 2 aliphatic rings. The molecule has 5 atom stereocenters. The summed E-state index contributed by atoms with van der Waals surface area (Å²) in [6.45, 7) is 9.37. The number of nitrogens with zero attached hydrogens (tertiary/aromatic N) is 1. The number of aliphatic hydroxyl groups excluding tert-OH is 1. The van der Waals surface area contributed by atoms with E-state index in [9.17, 15) is 5.11 Å². The van der Waals surface area contributed by atoms with Crippen molar-refractivity contribution in [1.29, 1.82) is 0 Å². The molecule has 2 nitrogen and oxygen atoms in total. The van der Waals surface area contributed by atoms with E-state index in [0.717, 1.165) is 24.2 Å². The van der Waals surface area contributed by atoms with E-state index >= 15 is 0 Å². The summed E-state index contributed by atoms with van der Waals surface area (Å²) >= 11 is 0. The number of aliphatic hydroxyl groups is 1. The van der Waals surface area contributed by atoms with Gasteiger partial charge in [0.2, 0.25) is 0 Å².